The fourth-order valence-corrected chi connectivity index (χ4v) is 1.97. The molecule has 0 saturated carbocycles. The van der Waals surface area contributed by atoms with E-state index >= 15 is 0 Å². The minimum Gasteiger partial charge on any atom is -0.484 e. The van der Waals surface area contributed by atoms with Crippen molar-refractivity contribution in [1.82, 2.24) is 5.43 Å². The number of rotatable bonds is 5. The Balaban J connectivity index is 1.53. The maximum absolute atomic E-state index is 11.6. The first-order valence-corrected chi connectivity index (χ1v) is 6.78. The number of amides is 1. The lowest BCUT2D eigenvalue weighted by molar-refractivity contribution is -0.123. The van der Waals surface area contributed by atoms with Gasteiger partial charge in [0.05, 0.1) is 12.5 Å². The number of nitrogens with one attached hydrogen (secondary N) is 1. The van der Waals surface area contributed by atoms with Crippen LogP contribution in [-0.2, 0) is 4.79 Å². The molecule has 1 heterocycles. The molecule has 0 unspecified atom stereocenters. The molecule has 3 aromatic rings. The first kappa shape index (κ1) is 13.9. The van der Waals surface area contributed by atoms with E-state index in [1.165, 1.54) is 12.5 Å². The molecule has 0 radical (unpaired) electrons. The average molecular weight is 294 g/mol. The van der Waals surface area contributed by atoms with Crippen LogP contribution in [0.1, 0.15) is 5.76 Å². The summed E-state index contributed by atoms with van der Waals surface area (Å²) in [6.07, 6.45) is 2.96. The highest BCUT2D eigenvalue weighted by Gasteiger charge is 2.02. The van der Waals surface area contributed by atoms with Gasteiger partial charge in [-0.25, -0.2) is 5.43 Å². The number of furan rings is 1. The zero-order chi connectivity index (χ0) is 15.2. The predicted molar refractivity (Wildman–Crippen MR) is 83.9 cm³/mol. The summed E-state index contributed by atoms with van der Waals surface area (Å²) in [5, 5.41) is 5.97. The van der Waals surface area contributed by atoms with Crippen molar-refractivity contribution in [1.29, 1.82) is 0 Å². The second kappa shape index (κ2) is 6.58. The fraction of sp³-hybridized carbons (Fsp3) is 0.0588. The number of ether oxygens (including phenoxy) is 1. The number of hydrogen-bond acceptors (Lipinski definition) is 4. The summed E-state index contributed by atoms with van der Waals surface area (Å²) in [5.74, 6) is 0.871. The molecule has 2 aromatic carbocycles. The zero-order valence-corrected chi connectivity index (χ0v) is 11.7. The molecule has 5 heteroatoms. The van der Waals surface area contributed by atoms with Gasteiger partial charge in [-0.3, -0.25) is 4.79 Å². The molecule has 0 fully saturated rings. The maximum Gasteiger partial charge on any atom is 0.277 e. The van der Waals surface area contributed by atoms with E-state index in [2.05, 4.69) is 10.5 Å². The van der Waals surface area contributed by atoms with E-state index < -0.39 is 0 Å². The highest BCUT2D eigenvalue weighted by atomic mass is 16.5. The Morgan fingerprint density at radius 1 is 1.14 bits per heavy atom. The van der Waals surface area contributed by atoms with Gasteiger partial charge in [0.25, 0.3) is 5.91 Å². The second-order valence-corrected chi connectivity index (χ2v) is 4.61. The third-order valence-electron chi connectivity index (χ3n) is 3.02. The van der Waals surface area contributed by atoms with Gasteiger partial charge < -0.3 is 9.15 Å². The van der Waals surface area contributed by atoms with E-state index in [1.54, 1.807) is 12.1 Å². The number of nitrogens with zero attached hydrogens (tertiary/aromatic N) is 1. The standard InChI is InChI=1S/C17H14N2O3/c20-17(19-18-11-16-6-3-9-21-16)12-22-15-8-7-13-4-1-2-5-14(13)10-15/h1-11H,12H2,(H,19,20)/b18-11-. The molecule has 0 aliphatic carbocycles. The highest BCUT2D eigenvalue weighted by molar-refractivity contribution is 5.84. The first-order valence-electron chi connectivity index (χ1n) is 6.78. The van der Waals surface area contributed by atoms with E-state index in [9.17, 15) is 4.79 Å². The van der Waals surface area contributed by atoms with Crippen molar-refractivity contribution in [2.45, 2.75) is 0 Å². The van der Waals surface area contributed by atoms with Gasteiger partial charge in [0, 0.05) is 0 Å². The Morgan fingerprint density at radius 3 is 2.82 bits per heavy atom. The molecule has 3 rings (SSSR count). The molecule has 1 N–H and O–H groups in total. The zero-order valence-electron chi connectivity index (χ0n) is 11.7. The number of hydrazone groups is 1. The third-order valence-corrected chi connectivity index (χ3v) is 3.02. The van der Waals surface area contributed by atoms with Crippen LogP contribution in [0.4, 0.5) is 0 Å². The normalized spacial score (nSPS) is 10.9. The van der Waals surface area contributed by atoms with Crippen LogP contribution in [0.3, 0.4) is 0 Å². The fourth-order valence-electron chi connectivity index (χ4n) is 1.97. The maximum atomic E-state index is 11.6. The molecule has 22 heavy (non-hydrogen) atoms. The molecule has 0 atom stereocenters. The Bertz CT molecular complexity index is 795. The van der Waals surface area contributed by atoms with E-state index in [0.29, 0.717) is 11.5 Å². The molecule has 110 valence electrons. The number of benzene rings is 2. The van der Waals surface area contributed by atoms with Crippen molar-refractivity contribution in [3.8, 4) is 5.75 Å². The van der Waals surface area contributed by atoms with Gasteiger partial charge >= 0.3 is 0 Å². The van der Waals surface area contributed by atoms with Gasteiger partial charge in [-0.15, -0.1) is 0 Å². The van der Waals surface area contributed by atoms with Crippen molar-refractivity contribution in [3.05, 3.63) is 66.6 Å². The molecular formula is C17H14N2O3. The molecule has 1 aromatic heterocycles. The summed E-state index contributed by atoms with van der Waals surface area (Å²) in [4.78, 5) is 11.6. The third kappa shape index (κ3) is 3.52. The lowest BCUT2D eigenvalue weighted by Crippen LogP contribution is -2.24. The smallest absolute Gasteiger partial charge is 0.277 e. The lowest BCUT2D eigenvalue weighted by Gasteiger charge is -2.06. The summed E-state index contributed by atoms with van der Waals surface area (Å²) < 4.78 is 10.5. The molecule has 1 amide bonds. The van der Waals surface area contributed by atoms with Gasteiger partial charge in [-0.05, 0) is 35.0 Å². The summed E-state index contributed by atoms with van der Waals surface area (Å²) in [7, 11) is 0. The molecule has 5 nitrogen and oxygen atoms in total. The van der Waals surface area contributed by atoms with Gasteiger partial charge in [-0.2, -0.15) is 5.10 Å². The number of carbonyl (C=O) groups is 1. The summed E-state index contributed by atoms with van der Waals surface area (Å²) in [5.41, 5.74) is 2.37. The van der Waals surface area contributed by atoms with Gasteiger partial charge in [0.2, 0.25) is 0 Å². The monoisotopic (exact) mass is 294 g/mol. The van der Waals surface area contributed by atoms with Crippen LogP contribution in [0.5, 0.6) is 5.75 Å². The molecule has 0 saturated heterocycles. The Labute approximate surface area is 127 Å². The minimum absolute atomic E-state index is 0.103. The average Bonchev–Trinajstić information content (AvgIpc) is 3.06. The number of fused-ring (bicyclic) bond motifs is 1. The highest BCUT2D eigenvalue weighted by Crippen LogP contribution is 2.20. The van der Waals surface area contributed by atoms with Crippen LogP contribution in [0.25, 0.3) is 10.8 Å². The van der Waals surface area contributed by atoms with Gasteiger partial charge in [0.15, 0.2) is 6.61 Å². The van der Waals surface area contributed by atoms with Crippen LogP contribution in [0, 0.1) is 0 Å². The first-order chi connectivity index (χ1) is 10.8. The van der Waals surface area contributed by atoms with E-state index in [0.717, 1.165) is 10.8 Å². The summed E-state index contributed by atoms with van der Waals surface area (Å²) in [6.45, 7) is -0.103. The van der Waals surface area contributed by atoms with Crippen molar-refractivity contribution in [2.24, 2.45) is 5.10 Å². The van der Waals surface area contributed by atoms with Gasteiger partial charge in [0.1, 0.15) is 11.5 Å². The molecule has 0 aliphatic rings. The Kier molecular flexibility index (Phi) is 4.15. The Hall–Kier alpha value is -3.08. The predicted octanol–water partition coefficient (Wildman–Crippen LogP) is 2.96. The van der Waals surface area contributed by atoms with E-state index in [4.69, 9.17) is 9.15 Å². The van der Waals surface area contributed by atoms with Crippen molar-refractivity contribution in [2.75, 3.05) is 6.61 Å². The van der Waals surface area contributed by atoms with Crippen LogP contribution in [0.2, 0.25) is 0 Å². The molecule has 0 spiro atoms. The summed E-state index contributed by atoms with van der Waals surface area (Å²) >= 11 is 0. The lowest BCUT2D eigenvalue weighted by atomic mass is 10.1. The molecular weight excluding hydrogens is 280 g/mol. The largest absolute Gasteiger partial charge is 0.484 e. The van der Waals surface area contributed by atoms with Crippen molar-refractivity contribution in [3.63, 3.8) is 0 Å². The topological polar surface area (TPSA) is 63.8 Å². The summed E-state index contributed by atoms with van der Waals surface area (Å²) in [6, 6.07) is 17.1. The van der Waals surface area contributed by atoms with Crippen LogP contribution < -0.4 is 10.2 Å². The van der Waals surface area contributed by atoms with Crippen LogP contribution in [0.15, 0.2) is 70.4 Å². The minimum atomic E-state index is -0.337. The number of carbonyl (C=O) groups excluding carboxylic acids is 1. The van der Waals surface area contributed by atoms with Gasteiger partial charge in [-0.1, -0.05) is 30.3 Å². The Morgan fingerprint density at radius 2 is 2.00 bits per heavy atom. The van der Waals surface area contributed by atoms with Crippen molar-refractivity contribution < 1.29 is 13.9 Å². The molecule has 0 aliphatic heterocycles. The van der Waals surface area contributed by atoms with Crippen molar-refractivity contribution >= 4 is 22.9 Å². The number of hydrogen-bond donors (Lipinski definition) is 1. The molecule has 0 bridgehead atoms. The SMILES string of the molecule is O=C(COc1ccc2ccccc2c1)N/N=C\c1ccco1. The quantitative estimate of drug-likeness (QED) is 0.581. The van der Waals surface area contributed by atoms with E-state index in [-0.39, 0.29) is 12.5 Å². The van der Waals surface area contributed by atoms with Crippen LogP contribution >= 0.6 is 0 Å². The second-order valence-electron chi connectivity index (χ2n) is 4.61. The van der Waals surface area contributed by atoms with Crippen LogP contribution in [-0.4, -0.2) is 18.7 Å². The van der Waals surface area contributed by atoms with E-state index in [1.807, 2.05) is 42.5 Å².